The molecule has 3 aromatic rings. The number of aromatic nitrogens is 1. The van der Waals surface area contributed by atoms with Crippen LogP contribution >= 0.6 is 24.8 Å². The van der Waals surface area contributed by atoms with Crippen LogP contribution < -0.4 is 5.32 Å². The van der Waals surface area contributed by atoms with Crippen LogP contribution in [0.3, 0.4) is 0 Å². The lowest BCUT2D eigenvalue weighted by Gasteiger charge is -2.18. The summed E-state index contributed by atoms with van der Waals surface area (Å²) in [6.07, 6.45) is 1.74. The Morgan fingerprint density at radius 2 is 1.60 bits per heavy atom. The average molecular weight is 441 g/mol. The second-order valence-electron chi connectivity index (χ2n) is 7.50. The molecular weight excluding hydrogens is 412 g/mol. The SMILES string of the molecule is CC(C)CC[C@H](NC(=O)c1ccccc1)C(=O)Cc1nc(-c2ccccc2)cs1.S. The van der Waals surface area contributed by atoms with Crippen molar-refractivity contribution in [3.05, 3.63) is 76.6 Å². The van der Waals surface area contributed by atoms with Gasteiger partial charge in [-0.25, -0.2) is 4.98 Å². The van der Waals surface area contributed by atoms with Gasteiger partial charge in [-0.2, -0.15) is 13.5 Å². The second kappa shape index (κ2) is 11.7. The predicted octanol–water partition coefficient (Wildman–Crippen LogP) is 5.27. The number of ketones is 1. The van der Waals surface area contributed by atoms with Gasteiger partial charge in [0.25, 0.3) is 5.91 Å². The van der Waals surface area contributed by atoms with Crippen LogP contribution in [-0.4, -0.2) is 22.7 Å². The zero-order valence-electron chi connectivity index (χ0n) is 17.3. The fourth-order valence-corrected chi connectivity index (χ4v) is 3.86. The normalized spacial score (nSPS) is 11.6. The summed E-state index contributed by atoms with van der Waals surface area (Å²) in [5, 5.41) is 5.69. The molecule has 0 radical (unpaired) electrons. The Morgan fingerprint density at radius 1 is 0.967 bits per heavy atom. The Balaban J connectivity index is 0.00000320. The number of carbonyl (C=O) groups excluding carboxylic acids is 2. The van der Waals surface area contributed by atoms with Gasteiger partial charge in [-0.05, 0) is 30.9 Å². The number of amides is 1. The molecule has 1 atom stereocenters. The van der Waals surface area contributed by atoms with Crippen LogP contribution in [0.1, 0.15) is 42.1 Å². The van der Waals surface area contributed by atoms with Gasteiger partial charge < -0.3 is 5.32 Å². The van der Waals surface area contributed by atoms with E-state index < -0.39 is 6.04 Å². The fourth-order valence-electron chi connectivity index (χ4n) is 3.05. The summed E-state index contributed by atoms with van der Waals surface area (Å²) in [5.41, 5.74) is 2.48. The lowest BCUT2D eigenvalue weighted by Crippen LogP contribution is -2.41. The number of nitrogens with zero attached hydrogens (tertiary/aromatic N) is 1. The van der Waals surface area contributed by atoms with Gasteiger partial charge in [0.1, 0.15) is 5.01 Å². The Bertz CT molecular complexity index is 940. The molecule has 0 saturated carbocycles. The molecule has 0 fully saturated rings. The predicted molar refractivity (Wildman–Crippen MR) is 128 cm³/mol. The van der Waals surface area contributed by atoms with E-state index in [9.17, 15) is 9.59 Å². The number of Topliss-reactive ketones (excluding diaryl/α,β-unsaturated/α-hetero) is 1. The van der Waals surface area contributed by atoms with Crippen LogP contribution in [0, 0.1) is 5.92 Å². The molecule has 30 heavy (non-hydrogen) atoms. The first-order valence-electron chi connectivity index (χ1n) is 9.91. The highest BCUT2D eigenvalue weighted by atomic mass is 32.1. The van der Waals surface area contributed by atoms with Crippen LogP contribution in [0.4, 0.5) is 0 Å². The summed E-state index contributed by atoms with van der Waals surface area (Å²) in [4.78, 5) is 30.2. The summed E-state index contributed by atoms with van der Waals surface area (Å²) in [6.45, 7) is 4.24. The molecule has 158 valence electrons. The molecule has 0 bridgehead atoms. The molecule has 6 heteroatoms. The number of nitrogens with one attached hydrogen (secondary N) is 1. The summed E-state index contributed by atoms with van der Waals surface area (Å²) >= 11 is 1.49. The lowest BCUT2D eigenvalue weighted by molar-refractivity contribution is -0.120. The molecule has 0 aliphatic rings. The van der Waals surface area contributed by atoms with Gasteiger partial charge in [0.15, 0.2) is 5.78 Å². The van der Waals surface area contributed by atoms with E-state index in [2.05, 4.69) is 24.1 Å². The first-order valence-corrected chi connectivity index (χ1v) is 10.8. The smallest absolute Gasteiger partial charge is 0.251 e. The molecule has 1 amide bonds. The summed E-state index contributed by atoms with van der Waals surface area (Å²) < 4.78 is 0. The monoisotopic (exact) mass is 440 g/mol. The molecule has 0 saturated heterocycles. The van der Waals surface area contributed by atoms with Gasteiger partial charge in [0.2, 0.25) is 0 Å². The molecule has 1 heterocycles. The third-order valence-corrected chi connectivity index (χ3v) is 5.56. The van der Waals surface area contributed by atoms with Gasteiger partial charge in [-0.3, -0.25) is 9.59 Å². The van der Waals surface area contributed by atoms with E-state index in [1.54, 1.807) is 12.1 Å². The molecule has 0 unspecified atom stereocenters. The first-order chi connectivity index (χ1) is 14.0. The van der Waals surface area contributed by atoms with E-state index in [1.165, 1.54) is 11.3 Å². The number of rotatable bonds is 9. The highest BCUT2D eigenvalue weighted by molar-refractivity contribution is 7.59. The molecule has 0 aliphatic carbocycles. The van der Waals surface area contributed by atoms with Crippen molar-refractivity contribution in [2.45, 2.75) is 39.2 Å². The van der Waals surface area contributed by atoms with Gasteiger partial charge in [0.05, 0.1) is 18.2 Å². The highest BCUT2D eigenvalue weighted by Gasteiger charge is 2.23. The molecule has 1 aromatic heterocycles. The Hall–Kier alpha value is -2.44. The van der Waals surface area contributed by atoms with E-state index in [-0.39, 0.29) is 31.6 Å². The lowest BCUT2D eigenvalue weighted by atomic mass is 9.98. The van der Waals surface area contributed by atoms with Crippen LogP contribution in [0.5, 0.6) is 0 Å². The van der Waals surface area contributed by atoms with Crippen molar-refractivity contribution in [3.8, 4) is 11.3 Å². The van der Waals surface area contributed by atoms with Gasteiger partial charge in [0, 0.05) is 16.5 Å². The van der Waals surface area contributed by atoms with Gasteiger partial charge in [-0.1, -0.05) is 62.4 Å². The molecular formula is C24H28N2O2S2. The van der Waals surface area contributed by atoms with Crippen molar-refractivity contribution in [1.82, 2.24) is 10.3 Å². The zero-order chi connectivity index (χ0) is 20.6. The third-order valence-electron chi connectivity index (χ3n) is 4.71. The van der Waals surface area contributed by atoms with Gasteiger partial charge >= 0.3 is 0 Å². The van der Waals surface area contributed by atoms with Crippen molar-refractivity contribution in [1.29, 1.82) is 0 Å². The van der Waals surface area contributed by atoms with Crippen molar-refractivity contribution < 1.29 is 9.59 Å². The maximum Gasteiger partial charge on any atom is 0.251 e. The average Bonchev–Trinajstić information content (AvgIpc) is 3.20. The molecule has 0 spiro atoms. The standard InChI is InChI=1S/C24H26N2O2S.H2S/c1-17(2)13-14-20(26-24(28)19-11-7-4-8-12-19)22(27)15-23-25-21(16-29-23)18-9-5-3-6-10-18;/h3-12,16-17,20H,13-15H2,1-2H3,(H,26,28);1H2/t20-;/m0./s1. The summed E-state index contributed by atoms with van der Waals surface area (Å²) in [6, 6.07) is 18.4. The van der Waals surface area contributed by atoms with Crippen LogP contribution in [0.15, 0.2) is 66.0 Å². The van der Waals surface area contributed by atoms with Crippen molar-refractivity contribution in [2.24, 2.45) is 5.92 Å². The minimum atomic E-state index is -0.505. The second-order valence-corrected chi connectivity index (χ2v) is 8.44. The van der Waals surface area contributed by atoms with E-state index in [4.69, 9.17) is 0 Å². The zero-order valence-corrected chi connectivity index (χ0v) is 19.1. The number of hydrogen-bond acceptors (Lipinski definition) is 4. The van der Waals surface area contributed by atoms with Crippen LogP contribution in [0.25, 0.3) is 11.3 Å². The topological polar surface area (TPSA) is 59.1 Å². The highest BCUT2D eigenvalue weighted by Crippen LogP contribution is 2.22. The number of hydrogen-bond donors (Lipinski definition) is 1. The Labute approximate surface area is 189 Å². The fraction of sp³-hybridized carbons (Fsp3) is 0.292. The molecule has 4 nitrogen and oxygen atoms in total. The molecule has 0 aliphatic heterocycles. The van der Waals surface area contributed by atoms with Crippen LogP contribution in [-0.2, 0) is 11.2 Å². The van der Waals surface area contributed by atoms with Crippen molar-refractivity contribution in [3.63, 3.8) is 0 Å². The number of carbonyl (C=O) groups is 2. The minimum Gasteiger partial charge on any atom is -0.342 e. The molecule has 2 aromatic carbocycles. The number of thiazole rings is 1. The largest absolute Gasteiger partial charge is 0.342 e. The molecule has 3 rings (SSSR count). The quantitative estimate of drug-likeness (QED) is 0.493. The summed E-state index contributed by atoms with van der Waals surface area (Å²) in [7, 11) is 0. The number of benzene rings is 2. The maximum absolute atomic E-state index is 13.0. The van der Waals surface area contributed by atoms with E-state index in [0.717, 1.165) is 22.7 Å². The Morgan fingerprint density at radius 3 is 2.23 bits per heavy atom. The van der Waals surface area contributed by atoms with Crippen LogP contribution in [0.2, 0.25) is 0 Å². The van der Waals surface area contributed by atoms with E-state index in [0.29, 0.717) is 17.9 Å². The summed E-state index contributed by atoms with van der Waals surface area (Å²) in [5.74, 6) is 0.254. The first kappa shape index (κ1) is 23.8. The minimum absolute atomic E-state index is 0. The van der Waals surface area contributed by atoms with Gasteiger partial charge in [-0.15, -0.1) is 11.3 Å². The Kier molecular flexibility index (Phi) is 9.27. The molecule has 1 N–H and O–H groups in total. The third kappa shape index (κ3) is 6.82. The van der Waals surface area contributed by atoms with E-state index in [1.807, 2.05) is 53.9 Å². The maximum atomic E-state index is 13.0. The van der Waals surface area contributed by atoms with Crippen molar-refractivity contribution >= 4 is 36.5 Å². The van der Waals surface area contributed by atoms with Crippen molar-refractivity contribution in [2.75, 3.05) is 0 Å². The van der Waals surface area contributed by atoms with E-state index >= 15 is 0 Å².